The number of nitriles is 1. The second kappa shape index (κ2) is 4.09. The maximum absolute atomic E-state index is 8.75. The lowest BCUT2D eigenvalue weighted by atomic mass is 10.2. The van der Waals surface area contributed by atoms with Gasteiger partial charge in [-0.05, 0) is 12.1 Å². The minimum atomic E-state index is 0.659. The molecule has 0 N–H and O–H groups in total. The van der Waals surface area contributed by atoms with Crippen LogP contribution in [0.2, 0.25) is 0 Å². The van der Waals surface area contributed by atoms with Gasteiger partial charge in [-0.2, -0.15) is 5.26 Å². The molecule has 0 aromatic heterocycles. The van der Waals surface area contributed by atoms with Crippen LogP contribution in [0.3, 0.4) is 0 Å². The predicted molar refractivity (Wildman–Crippen MR) is 56.1 cm³/mol. The van der Waals surface area contributed by atoms with Crippen LogP contribution in [0.25, 0.3) is 0 Å². The van der Waals surface area contributed by atoms with Gasteiger partial charge in [0.2, 0.25) is 0 Å². The SMILES string of the molecule is CN(C#N)c1ccc2c(c1)OCCCO2. The lowest BCUT2D eigenvalue weighted by Crippen LogP contribution is -2.08. The van der Waals surface area contributed by atoms with E-state index < -0.39 is 0 Å². The molecule has 1 aromatic carbocycles. The Morgan fingerprint density at radius 2 is 2.00 bits per heavy atom. The Hall–Kier alpha value is -1.89. The molecular weight excluding hydrogens is 192 g/mol. The third-order valence-corrected chi connectivity index (χ3v) is 2.27. The number of benzene rings is 1. The fourth-order valence-electron chi connectivity index (χ4n) is 1.42. The summed E-state index contributed by atoms with van der Waals surface area (Å²) in [7, 11) is 1.71. The highest BCUT2D eigenvalue weighted by Gasteiger charge is 2.11. The van der Waals surface area contributed by atoms with Gasteiger partial charge in [-0.3, -0.25) is 4.90 Å². The van der Waals surface area contributed by atoms with E-state index in [0.717, 1.165) is 17.9 Å². The number of nitrogens with zero attached hydrogens (tertiary/aromatic N) is 2. The number of ether oxygens (including phenoxy) is 2. The topological polar surface area (TPSA) is 45.5 Å². The van der Waals surface area contributed by atoms with E-state index in [1.165, 1.54) is 4.90 Å². The summed E-state index contributed by atoms with van der Waals surface area (Å²) < 4.78 is 11.0. The molecule has 2 rings (SSSR count). The van der Waals surface area contributed by atoms with Crippen molar-refractivity contribution < 1.29 is 9.47 Å². The Morgan fingerprint density at radius 3 is 2.73 bits per heavy atom. The van der Waals surface area contributed by atoms with Gasteiger partial charge in [-0.15, -0.1) is 0 Å². The number of anilines is 1. The van der Waals surface area contributed by atoms with Gasteiger partial charge in [0.15, 0.2) is 17.7 Å². The average Bonchev–Trinajstić information content (AvgIpc) is 2.51. The van der Waals surface area contributed by atoms with E-state index in [1.54, 1.807) is 7.05 Å². The first-order chi connectivity index (χ1) is 7.31. The van der Waals surface area contributed by atoms with E-state index in [4.69, 9.17) is 14.7 Å². The van der Waals surface area contributed by atoms with E-state index in [9.17, 15) is 0 Å². The molecule has 0 saturated heterocycles. The van der Waals surface area contributed by atoms with Crippen LogP contribution in [-0.4, -0.2) is 20.3 Å². The standard InChI is InChI=1S/C11H12N2O2/c1-13(8-12)9-3-4-10-11(7-9)15-6-2-5-14-10/h3-4,7H,2,5-6H2,1H3. The van der Waals surface area contributed by atoms with Gasteiger partial charge in [0.05, 0.1) is 18.9 Å². The van der Waals surface area contributed by atoms with Gasteiger partial charge >= 0.3 is 0 Å². The third-order valence-electron chi connectivity index (χ3n) is 2.27. The zero-order valence-electron chi connectivity index (χ0n) is 8.56. The molecule has 1 aromatic rings. The molecule has 0 fully saturated rings. The zero-order valence-corrected chi connectivity index (χ0v) is 8.56. The van der Waals surface area contributed by atoms with Crippen molar-refractivity contribution in [2.45, 2.75) is 6.42 Å². The summed E-state index contributed by atoms with van der Waals surface area (Å²) in [6.07, 6.45) is 2.93. The van der Waals surface area contributed by atoms with E-state index >= 15 is 0 Å². The summed E-state index contributed by atoms with van der Waals surface area (Å²) >= 11 is 0. The Bertz CT molecular complexity index is 398. The summed E-state index contributed by atoms with van der Waals surface area (Å²) in [5.74, 6) is 1.47. The van der Waals surface area contributed by atoms with E-state index in [0.29, 0.717) is 19.0 Å². The van der Waals surface area contributed by atoms with Crippen LogP contribution in [0.5, 0.6) is 11.5 Å². The molecule has 1 heterocycles. The monoisotopic (exact) mass is 204 g/mol. The fraction of sp³-hybridized carbons (Fsp3) is 0.364. The number of fused-ring (bicyclic) bond motifs is 1. The maximum atomic E-state index is 8.75. The van der Waals surface area contributed by atoms with Gasteiger partial charge in [-0.25, -0.2) is 0 Å². The first kappa shape index (κ1) is 9.66. The van der Waals surface area contributed by atoms with Crippen LogP contribution < -0.4 is 14.4 Å². The maximum Gasteiger partial charge on any atom is 0.183 e. The van der Waals surface area contributed by atoms with E-state index in [-0.39, 0.29) is 0 Å². The third kappa shape index (κ3) is 1.96. The number of hydrogen-bond donors (Lipinski definition) is 0. The molecule has 15 heavy (non-hydrogen) atoms. The van der Waals surface area contributed by atoms with Gasteiger partial charge in [0.1, 0.15) is 0 Å². The number of hydrogen-bond acceptors (Lipinski definition) is 4. The highest BCUT2D eigenvalue weighted by Crippen LogP contribution is 2.33. The van der Waals surface area contributed by atoms with Crippen LogP contribution in [0.1, 0.15) is 6.42 Å². The molecule has 0 aliphatic carbocycles. The van der Waals surface area contributed by atoms with Crippen molar-refractivity contribution in [3.05, 3.63) is 18.2 Å². The quantitative estimate of drug-likeness (QED) is 0.516. The lowest BCUT2D eigenvalue weighted by Gasteiger charge is -2.12. The molecule has 1 aliphatic heterocycles. The van der Waals surface area contributed by atoms with Gasteiger partial charge in [0.25, 0.3) is 0 Å². The summed E-state index contributed by atoms with van der Waals surface area (Å²) in [5.41, 5.74) is 0.807. The van der Waals surface area contributed by atoms with Crippen molar-refractivity contribution in [3.63, 3.8) is 0 Å². The van der Waals surface area contributed by atoms with Crippen molar-refractivity contribution >= 4 is 5.69 Å². The molecule has 0 atom stereocenters. The normalized spacial score (nSPS) is 13.9. The van der Waals surface area contributed by atoms with Crippen LogP contribution >= 0.6 is 0 Å². The molecule has 4 heteroatoms. The van der Waals surface area contributed by atoms with Crippen molar-refractivity contribution in [3.8, 4) is 17.7 Å². The highest BCUT2D eigenvalue weighted by molar-refractivity contribution is 5.58. The summed E-state index contributed by atoms with van der Waals surface area (Å²) in [5, 5.41) is 8.75. The molecule has 4 nitrogen and oxygen atoms in total. The molecule has 1 aliphatic rings. The van der Waals surface area contributed by atoms with Crippen LogP contribution in [0.15, 0.2) is 18.2 Å². The zero-order chi connectivity index (χ0) is 10.7. The Labute approximate surface area is 88.6 Å². The smallest absolute Gasteiger partial charge is 0.183 e. The Kier molecular flexibility index (Phi) is 2.64. The molecule has 0 bridgehead atoms. The Balaban J connectivity index is 2.32. The molecular formula is C11H12N2O2. The predicted octanol–water partition coefficient (Wildman–Crippen LogP) is 1.77. The van der Waals surface area contributed by atoms with Gasteiger partial charge in [0, 0.05) is 19.5 Å². The van der Waals surface area contributed by atoms with Gasteiger partial charge in [-0.1, -0.05) is 0 Å². The molecule has 0 radical (unpaired) electrons. The fourth-order valence-corrected chi connectivity index (χ4v) is 1.42. The second-order valence-electron chi connectivity index (χ2n) is 3.34. The van der Waals surface area contributed by atoms with Gasteiger partial charge < -0.3 is 9.47 Å². The van der Waals surface area contributed by atoms with E-state index in [1.807, 2.05) is 24.4 Å². The summed E-state index contributed by atoms with van der Waals surface area (Å²) in [4.78, 5) is 1.48. The number of rotatable bonds is 1. The highest BCUT2D eigenvalue weighted by atomic mass is 16.5. The molecule has 78 valence electrons. The van der Waals surface area contributed by atoms with Crippen LogP contribution in [0.4, 0.5) is 5.69 Å². The minimum absolute atomic E-state index is 0.659. The van der Waals surface area contributed by atoms with Crippen molar-refractivity contribution in [1.29, 1.82) is 5.26 Å². The Morgan fingerprint density at radius 1 is 1.27 bits per heavy atom. The first-order valence-corrected chi connectivity index (χ1v) is 4.84. The second-order valence-corrected chi connectivity index (χ2v) is 3.34. The average molecular weight is 204 g/mol. The van der Waals surface area contributed by atoms with E-state index in [2.05, 4.69) is 0 Å². The van der Waals surface area contributed by atoms with Crippen molar-refractivity contribution in [2.24, 2.45) is 0 Å². The van der Waals surface area contributed by atoms with Crippen LogP contribution in [-0.2, 0) is 0 Å². The molecule has 0 saturated carbocycles. The lowest BCUT2D eigenvalue weighted by molar-refractivity contribution is 0.297. The summed E-state index contributed by atoms with van der Waals surface area (Å²) in [6.45, 7) is 1.34. The minimum Gasteiger partial charge on any atom is -0.490 e. The van der Waals surface area contributed by atoms with Crippen LogP contribution in [0, 0.1) is 11.5 Å². The largest absolute Gasteiger partial charge is 0.490 e. The van der Waals surface area contributed by atoms with Crippen molar-refractivity contribution in [1.82, 2.24) is 0 Å². The van der Waals surface area contributed by atoms with Crippen molar-refractivity contribution in [2.75, 3.05) is 25.2 Å². The first-order valence-electron chi connectivity index (χ1n) is 4.84. The summed E-state index contributed by atoms with van der Waals surface area (Å²) in [6, 6.07) is 5.50. The molecule has 0 amide bonds. The molecule has 0 unspecified atom stereocenters. The molecule has 0 spiro atoms.